The molecule has 1 aromatic heterocycles. The zero-order valence-corrected chi connectivity index (χ0v) is 7.65. The minimum Gasteiger partial charge on any atom is -0.391 e. The van der Waals surface area contributed by atoms with Crippen molar-refractivity contribution < 1.29 is 9.53 Å². The number of nitrogens with two attached hydrogens (primary N) is 1. The standard InChI is InChI=1S/C9H9N3O2/c1-2-7-6(5-10)3-4-8(12-7)14-9(11)13/h3-4H,2H2,1H3,(H2,11,13). The maximum Gasteiger partial charge on any atom is 0.411 e. The lowest BCUT2D eigenvalue weighted by atomic mass is 10.2. The predicted molar refractivity (Wildman–Crippen MR) is 48.5 cm³/mol. The van der Waals surface area contributed by atoms with E-state index in [0.717, 1.165) is 0 Å². The summed E-state index contributed by atoms with van der Waals surface area (Å²) in [6.45, 7) is 1.86. The molecule has 0 unspecified atom stereocenters. The van der Waals surface area contributed by atoms with E-state index in [0.29, 0.717) is 17.7 Å². The molecule has 0 saturated carbocycles. The number of nitriles is 1. The Morgan fingerprint density at radius 2 is 2.43 bits per heavy atom. The Morgan fingerprint density at radius 3 is 2.93 bits per heavy atom. The Bertz CT molecular complexity index is 396. The van der Waals surface area contributed by atoms with Gasteiger partial charge in [-0.3, -0.25) is 0 Å². The molecule has 0 spiro atoms. The molecule has 1 amide bonds. The van der Waals surface area contributed by atoms with E-state index in [-0.39, 0.29) is 5.88 Å². The molecular formula is C9H9N3O2. The lowest BCUT2D eigenvalue weighted by Crippen LogP contribution is -2.17. The molecule has 0 aromatic carbocycles. The highest BCUT2D eigenvalue weighted by atomic mass is 16.6. The summed E-state index contributed by atoms with van der Waals surface area (Å²) in [6, 6.07) is 4.97. The van der Waals surface area contributed by atoms with E-state index in [2.05, 4.69) is 9.72 Å². The highest BCUT2D eigenvalue weighted by Crippen LogP contribution is 2.12. The highest BCUT2D eigenvalue weighted by Gasteiger charge is 2.05. The Balaban J connectivity index is 3.03. The second-order valence-electron chi connectivity index (χ2n) is 2.53. The van der Waals surface area contributed by atoms with Crippen LogP contribution in [0.25, 0.3) is 0 Å². The smallest absolute Gasteiger partial charge is 0.391 e. The fourth-order valence-electron chi connectivity index (χ4n) is 1.01. The van der Waals surface area contributed by atoms with Gasteiger partial charge in [0.15, 0.2) is 0 Å². The Morgan fingerprint density at radius 1 is 1.71 bits per heavy atom. The van der Waals surface area contributed by atoms with Crippen molar-refractivity contribution in [2.24, 2.45) is 5.73 Å². The van der Waals surface area contributed by atoms with E-state index < -0.39 is 6.09 Å². The van der Waals surface area contributed by atoms with Crippen LogP contribution < -0.4 is 10.5 Å². The number of ether oxygens (including phenoxy) is 1. The molecule has 5 heteroatoms. The second kappa shape index (κ2) is 4.23. The van der Waals surface area contributed by atoms with Crippen molar-refractivity contribution in [3.8, 4) is 11.9 Å². The molecule has 5 nitrogen and oxygen atoms in total. The average Bonchev–Trinajstić information content (AvgIpc) is 2.16. The number of hydrogen-bond donors (Lipinski definition) is 1. The molecule has 2 N–H and O–H groups in total. The van der Waals surface area contributed by atoms with Gasteiger partial charge in [0.2, 0.25) is 5.88 Å². The third kappa shape index (κ3) is 2.20. The fraction of sp³-hybridized carbons (Fsp3) is 0.222. The highest BCUT2D eigenvalue weighted by molar-refractivity contribution is 5.67. The molecule has 14 heavy (non-hydrogen) atoms. The fourth-order valence-corrected chi connectivity index (χ4v) is 1.01. The Labute approximate surface area is 81.1 Å². The maximum absolute atomic E-state index is 10.4. The van der Waals surface area contributed by atoms with Gasteiger partial charge in [-0.15, -0.1) is 0 Å². The molecule has 0 aliphatic heterocycles. The summed E-state index contributed by atoms with van der Waals surface area (Å²) in [4.78, 5) is 14.4. The number of aryl methyl sites for hydroxylation is 1. The van der Waals surface area contributed by atoms with Crippen molar-refractivity contribution in [2.75, 3.05) is 0 Å². The topological polar surface area (TPSA) is 89.0 Å². The van der Waals surface area contributed by atoms with E-state index >= 15 is 0 Å². The number of aromatic nitrogens is 1. The van der Waals surface area contributed by atoms with Crippen LogP contribution in [-0.4, -0.2) is 11.1 Å². The summed E-state index contributed by atoms with van der Waals surface area (Å²) in [5, 5.41) is 8.70. The van der Waals surface area contributed by atoms with Crippen LogP contribution in [0.1, 0.15) is 18.2 Å². The first-order valence-corrected chi connectivity index (χ1v) is 4.04. The summed E-state index contributed by atoms with van der Waals surface area (Å²) in [5.74, 6) is 0.119. The van der Waals surface area contributed by atoms with Gasteiger partial charge >= 0.3 is 6.09 Å². The van der Waals surface area contributed by atoms with Crippen LogP contribution in [0.4, 0.5) is 4.79 Å². The molecule has 72 valence electrons. The molecule has 0 fully saturated rings. The largest absolute Gasteiger partial charge is 0.411 e. The average molecular weight is 191 g/mol. The van der Waals surface area contributed by atoms with E-state index in [9.17, 15) is 4.79 Å². The van der Waals surface area contributed by atoms with Gasteiger partial charge in [-0.2, -0.15) is 5.26 Å². The van der Waals surface area contributed by atoms with Gasteiger partial charge in [0, 0.05) is 6.07 Å². The Kier molecular flexibility index (Phi) is 3.02. The van der Waals surface area contributed by atoms with E-state index in [1.165, 1.54) is 6.07 Å². The van der Waals surface area contributed by atoms with Crippen LogP contribution in [0.2, 0.25) is 0 Å². The number of nitrogens with zero attached hydrogens (tertiary/aromatic N) is 2. The first-order valence-electron chi connectivity index (χ1n) is 4.04. The summed E-state index contributed by atoms with van der Waals surface area (Å²) in [6.07, 6.45) is -0.317. The molecule has 0 radical (unpaired) electrons. The quantitative estimate of drug-likeness (QED) is 0.754. The van der Waals surface area contributed by atoms with Crippen LogP contribution in [0.3, 0.4) is 0 Å². The van der Waals surface area contributed by atoms with E-state index in [1.807, 2.05) is 13.0 Å². The summed E-state index contributed by atoms with van der Waals surface area (Å²) >= 11 is 0. The third-order valence-corrected chi connectivity index (χ3v) is 1.61. The molecule has 0 atom stereocenters. The molecule has 1 aromatic rings. The summed E-state index contributed by atoms with van der Waals surface area (Å²) in [7, 11) is 0. The number of primary amides is 1. The van der Waals surface area contributed by atoms with Crippen molar-refractivity contribution in [1.82, 2.24) is 4.98 Å². The summed E-state index contributed by atoms with van der Waals surface area (Å²) < 4.78 is 4.57. The van der Waals surface area contributed by atoms with E-state index in [1.54, 1.807) is 6.07 Å². The number of pyridine rings is 1. The van der Waals surface area contributed by atoms with Crippen LogP contribution in [0.5, 0.6) is 5.88 Å². The minimum absolute atomic E-state index is 0.119. The first kappa shape index (κ1) is 9.99. The summed E-state index contributed by atoms with van der Waals surface area (Å²) in [5.41, 5.74) is 5.89. The first-order chi connectivity index (χ1) is 6.67. The zero-order chi connectivity index (χ0) is 10.6. The molecular weight excluding hydrogens is 182 g/mol. The zero-order valence-electron chi connectivity index (χ0n) is 7.65. The number of rotatable bonds is 2. The molecule has 0 aliphatic rings. The molecule has 0 saturated heterocycles. The van der Waals surface area contributed by atoms with Crippen LogP contribution in [-0.2, 0) is 6.42 Å². The van der Waals surface area contributed by atoms with Gasteiger partial charge in [-0.25, -0.2) is 9.78 Å². The van der Waals surface area contributed by atoms with Crippen molar-refractivity contribution in [3.63, 3.8) is 0 Å². The SMILES string of the molecule is CCc1nc(OC(N)=O)ccc1C#N. The van der Waals surface area contributed by atoms with Gasteiger partial charge in [-0.1, -0.05) is 6.92 Å². The van der Waals surface area contributed by atoms with Crippen LogP contribution in [0, 0.1) is 11.3 Å². The molecule has 1 rings (SSSR count). The van der Waals surface area contributed by atoms with Gasteiger partial charge in [0.1, 0.15) is 6.07 Å². The monoisotopic (exact) mass is 191 g/mol. The van der Waals surface area contributed by atoms with Gasteiger partial charge in [-0.05, 0) is 12.5 Å². The van der Waals surface area contributed by atoms with Crippen LogP contribution in [0.15, 0.2) is 12.1 Å². The van der Waals surface area contributed by atoms with Gasteiger partial charge in [0.25, 0.3) is 0 Å². The Hall–Kier alpha value is -2.09. The van der Waals surface area contributed by atoms with E-state index in [4.69, 9.17) is 11.0 Å². The van der Waals surface area contributed by atoms with Crippen molar-refractivity contribution in [1.29, 1.82) is 5.26 Å². The third-order valence-electron chi connectivity index (χ3n) is 1.61. The van der Waals surface area contributed by atoms with Crippen molar-refractivity contribution in [3.05, 3.63) is 23.4 Å². The molecule has 0 bridgehead atoms. The maximum atomic E-state index is 10.4. The van der Waals surface area contributed by atoms with Crippen molar-refractivity contribution >= 4 is 6.09 Å². The van der Waals surface area contributed by atoms with Gasteiger partial charge in [0.05, 0.1) is 11.3 Å². The predicted octanol–water partition coefficient (Wildman–Crippen LogP) is 0.973. The normalized spacial score (nSPS) is 9.14. The molecule has 1 heterocycles. The number of carbonyl (C=O) groups excluding carboxylic acids is 1. The minimum atomic E-state index is -0.913. The van der Waals surface area contributed by atoms with Crippen LogP contribution >= 0.6 is 0 Å². The number of amides is 1. The number of hydrogen-bond acceptors (Lipinski definition) is 4. The second-order valence-corrected chi connectivity index (χ2v) is 2.53. The van der Waals surface area contributed by atoms with Gasteiger partial charge < -0.3 is 10.5 Å². The van der Waals surface area contributed by atoms with Crippen molar-refractivity contribution in [2.45, 2.75) is 13.3 Å². The number of carbonyl (C=O) groups is 1. The lowest BCUT2D eigenvalue weighted by molar-refractivity contribution is 0.209. The lowest BCUT2D eigenvalue weighted by Gasteiger charge is -2.03. The molecule has 0 aliphatic carbocycles.